The zero-order valence-corrected chi connectivity index (χ0v) is 12.5. The SMILES string of the molecule is COC1(C)CCCN(CCC2CCCC2(N)CO)C1. The first kappa shape index (κ1) is 15.2. The summed E-state index contributed by atoms with van der Waals surface area (Å²) < 4.78 is 5.64. The molecule has 0 radical (unpaired) electrons. The van der Waals surface area contributed by atoms with Gasteiger partial charge >= 0.3 is 0 Å². The highest BCUT2D eigenvalue weighted by Crippen LogP contribution is 2.36. The molecule has 2 fully saturated rings. The van der Waals surface area contributed by atoms with E-state index in [1.54, 1.807) is 0 Å². The Morgan fingerprint density at radius 2 is 2.16 bits per heavy atom. The number of ether oxygens (including phenoxy) is 1. The number of aliphatic hydroxyl groups excluding tert-OH is 1. The molecular weight excluding hydrogens is 240 g/mol. The van der Waals surface area contributed by atoms with E-state index < -0.39 is 0 Å². The van der Waals surface area contributed by atoms with Crippen molar-refractivity contribution in [2.45, 2.75) is 56.6 Å². The summed E-state index contributed by atoms with van der Waals surface area (Å²) in [4.78, 5) is 2.50. The number of nitrogens with zero attached hydrogens (tertiary/aromatic N) is 1. The summed E-state index contributed by atoms with van der Waals surface area (Å²) in [6, 6.07) is 0. The second kappa shape index (κ2) is 6.08. The minimum atomic E-state index is -0.319. The van der Waals surface area contributed by atoms with Gasteiger partial charge in [0.2, 0.25) is 0 Å². The van der Waals surface area contributed by atoms with Crippen molar-refractivity contribution in [3.8, 4) is 0 Å². The van der Waals surface area contributed by atoms with Crippen molar-refractivity contribution in [3.05, 3.63) is 0 Å². The molecule has 2 rings (SSSR count). The molecule has 0 aromatic carbocycles. The van der Waals surface area contributed by atoms with Crippen LogP contribution in [0, 0.1) is 5.92 Å². The third-order valence-corrected chi connectivity index (χ3v) is 5.33. The Bertz CT molecular complexity index is 300. The fourth-order valence-electron chi connectivity index (χ4n) is 3.81. The summed E-state index contributed by atoms with van der Waals surface area (Å²) in [6.45, 7) is 5.61. The number of likely N-dealkylation sites (tertiary alicyclic amines) is 1. The van der Waals surface area contributed by atoms with Gasteiger partial charge < -0.3 is 20.5 Å². The maximum Gasteiger partial charge on any atom is 0.0777 e. The predicted octanol–water partition coefficient (Wildman–Crippen LogP) is 1.37. The van der Waals surface area contributed by atoms with Crippen LogP contribution in [0.5, 0.6) is 0 Å². The molecule has 0 bridgehead atoms. The Balaban J connectivity index is 1.82. The molecule has 4 nitrogen and oxygen atoms in total. The molecule has 3 N–H and O–H groups in total. The molecule has 0 aromatic heterocycles. The first-order valence-corrected chi connectivity index (χ1v) is 7.69. The van der Waals surface area contributed by atoms with Gasteiger partial charge in [0.05, 0.1) is 12.2 Å². The lowest BCUT2D eigenvalue weighted by Crippen LogP contribution is -2.50. The van der Waals surface area contributed by atoms with Gasteiger partial charge in [-0.05, 0) is 58.0 Å². The van der Waals surface area contributed by atoms with Crippen LogP contribution in [0.25, 0.3) is 0 Å². The molecule has 1 aliphatic carbocycles. The van der Waals surface area contributed by atoms with E-state index in [1.165, 1.54) is 19.4 Å². The van der Waals surface area contributed by atoms with Crippen molar-refractivity contribution in [2.24, 2.45) is 11.7 Å². The molecule has 1 saturated heterocycles. The summed E-state index contributed by atoms with van der Waals surface area (Å²) in [5.74, 6) is 0.480. The van der Waals surface area contributed by atoms with Crippen molar-refractivity contribution >= 4 is 0 Å². The van der Waals surface area contributed by atoms with Gasteiger partial charge in [0.1, 0.15) is 0 Å². The molecule has 1 saturated carbocycles. The summed E-state index contributed by atoms with van der Waals surface area (Å²) in [7, 11) is 1.82. The van der Waals surface area contributed by atoms with Crippen LogP contribution >= 0.6 is 0 Å². The molecule has 1 heterocycles. The van der Waals surface area contributed by atoms with Gasteiger partial charge in [-0.25, -0.2) is 0 Å². The van der Waals surface area contributed by atoms with E-state index >= 15 is 0 Å². The van der Waals surface area contributed by atoms with E-state index in [-0.39, 0.29) is 17.7 Å². The first-order valence-electron chi connectivity index (χ1n) is 7.69. The monoisotopic (exact) mass is 270 g/mol. The molecule has 0 amide bonds. The van der Waals surface area contributed by atoms with Crippen LogP contribution in [0.15, 0.2) is 0 Å². The van der Waals surface area contributed by atoms with Crippen molar-refractivity contribution in [1.82, 2.24) is 4.90 Å². The van der Waals surface area contributed by atoms with Gasteiger partial charge in [0, 0.05) is 19.2 Å². The maximum atomic E-state index is 9.50. The normalized spacial score (nSPS) is 40.7. The molecule has 2 aliphatic rings. The number of hydrogen-bond donors (Lipinski definition) is 2. The fourth-order valence-corrected chi connectivity index (χ4v) is 3.81. The minimum Gasteiger partial charge on any atom is -0.394 e. The summed E-state index contributed by atoms with van der Waals surface area (Å²) in [5.41, 5.74) is 6.00. The van der Waals surface area contributed by atoms with Crippen LogP contribution in [0.3, 0.4) is 0 Å². The predicted molar refractivity (Wildman–Crippen MR) is 77.1 cm³/mol. The van der Waals surface area contributed by atoms with E-state index in [0.29, 0.717) is 5.92 Å². The van der Waals surface area contributed by atoms with Crippen molar-refractivity contribution in [3.63, 3.8) is 0 Å². The lowest BCUT2D eigenvalue weighted by Gasteiger charge is -2.40. The molecule has 19 heavy (non-hydrogen) atoms. The maximum absolute atomic E-state index is 9.50. The van der Waals surface area contributed by atoms with Gasteiger partial charge in [-0.15, -0.1) is 0 Å². The van der Waals surface area contributed by atoms with E-state index in [4.69, 9.17) is 10.5 Å². The van der Waals surface area contributed by atoms with Crippen LogP contribution in [-0.2, 0) is 4.74 Å². The fraction of sp³-hybridized carbons (Fsp3) is 1.00. The number of methoxy groups -OCH3 is 1. The second-order valence-electron chi connectivity index (χ2n) is 6.80. The Hall–Kier alpha value is -0.160. The second-order valence-corrected chi connectivity index (χ2v) is 6.80. The molecular formula is C15H30N2O2. The van der Waals surface area contributed by atoms with E-state index in [0.717, 1.165) is 38.8 Å². The van der Waals surface area contributed by atoms with E-state index in [9.17, 15) is 5.11 Å². The highest BCUT2D eigenvalue weighted by molar-refractivity contribution is 4.96. The quantitative estimate of drug-likeness (QED) is 0.792. The lowest BCUT2D eigenvalue weighted by atomic mass is 9.86. The number of piperidine rings is 1. The highest BCUT2D eigenvalue weighted by Gasteiger charge is 2.39. The van der Waals surface area contributed by atoms with Gasteiger partial charge in [-0.2, -0.15) is 0 Å². The molecule has 0 aromatic rings. The largest absolute Gasteiger partial charge is 0.394 e. The summed E-state index contributed by atoms with van der Waals surface area (Å²) in [6.07, 6.45) is 6.79. The highest BCUT2D eigenvalue weighted by atomic mass is 16.5. The van der Waals surface area contributed by atoms with E-state index in [2.05, 4.69) is 11.8 Å². The smallest absolute Gasteiger partial charge is 0.0777 e. The Kier molecular flexibility index (Phi) is 4.88. The Labute approximate surface area is 117 Å². The third kappa shape index (κ3) is 3.48. The molecule has 0 spiro atoms. The number of nitrogens with two attached hydrogens (primary N) is 1. The topological polar surface area (TPSA) is 58.7 Å². The van der Waals surface area contributed by atoms with E-state index in [1.807, 2.05) is 7.11 Å². The number of rotatable bonds is 5. The molecule has 3 atom stereocenters. The van der Waals surface area contributed by atoms with Crippen molar-refractivity contribution in [2.75, 3.05) is 33.4 Å². The average molecular weight is 270 g/mol. The van der Waals surface area contributed by atoms with Crippen molar-refractivity contribution < 1.29 is 9.84 Å². The average Bonchev–Trinajstić information content (AvgIpc) is 2.79. The number of hydrogen-bond acceptors (Lipinski definition) is 4. The summed E-state index contributed by atoms with van der Waals surface area (Å²) >= 11 is 0. The zero-order chi connectivity index (χ0) is 13.9. The van der Waals surface area contributed by atoms with Crippen LogP contribution in [-0.4, -0.2) is 54.5 Å². The Morgan fingerprint density at radius 1 is 1.37 bits per heavy atom. The standard InChI is InChI=1S/C15H30N2O2/c1-14(19-2)7-4-9-17(11-14)10-6-13-5-3-8-15(13,16)12-18/h13,18H,3-12,16H2,1-2H3. The Morgan fingerprint density at radius 3 is 2.84 bits per heavy atom. The molecule has 4 heteroatoms. The molecule has 1 aliphatic heterocycles. The zero-order valence-electron chi connectivity index (χ0n) is 12.5. The van der Waals surface area contributed by atoms with Crippen molar-refractivity contribution in [1.29, 1.82) is 0 Å². The van der Waals surface area contributed by atoms with Gasteiger partial charge in [0.25, 0.3) is 0 Å². The summed E-state index contributed by atoms with van der Waals surface area (Å²) in [5, 5.41) is 9.50. The van der Waals surface area contributed by atoms with Crippen LogP contribution in [0.1, 0.15) is 45.4 Å². The van der Waals surface area contributed by atoms with Crippen LogP contribution < -0.4 is 5.73 Å². The van der Waals surface area contributed by atoms with Gasteiger partial charge in [-0.1, -0.05) is 6.42 Å². The third-order valence-electron chi connectivity index (χ3n) is 5.33. The van der Waals surface area contributed by atoms with Gasteiger partial charge in [-0.3, -0.25) is 0 Å². The minimum absolute atomic E-state index is 0.0186. The molecule has 3 unspecified atom stereocenters. The van der Waals surface area contributed by atoms with Crippen LogP contribution in [0.2, 0.25) is 0 Å². The van der Waals surface area contributed by atoms with Crippen LogP contribution in [0.4, 0.5) is 0 Å². The van der Waals surface area contributed by atoms with Gasteiger partial charge in [0.15, 0.2) is 0 Å². The lowest BCUT2D eigenvalue weighted by molar-refractivity contribution is -0.0520. The number of aliphatic hydroxyl groups is 1. The first-order chi connectivity index (χ1) is 9.01. The molecule has 112 valence electrons.